The van der Waals surface area contributed by atoms with Gasteiger partial charge in [-0.2, -0.15) is 0 Å². The molecule has 6 heteroatoms. The molecule has 0 bridgehead atoms. The lowest BCUT2D eigenvalue weighted by molar-refractivity contribution is -0.137. The molecule has 1 aromatic heterocycles. The molecule has 0 saturated carbocycles. The largest absolute Gasteiger partial charge is 0.481 e. The van der Waals surface area contributed by atoms with Gasteiger partial charge in [-0.05, 0) is 30.5 Å². The maximum absolute atomic E-state index is 12.5. The highest BCUT2D eigenvalue weighted by molar-refractivity contribution is 5.86. The molecule has 2 aromatic carbocycles. The number of rotatable bonds is 8. The van der Waals surface area contributed by atoms with Crippen LogP contribution >= 0.6 is 0 Å². The van der Waals surface area contributed by atoms with E-state index in [1.54, 1.807) is 6.07 Å². The Kier molecular flexibility index (Phi) is 5.63. The minimum atomic E-state index is -0.875. The predicted molar refractivity (Wildman–Crippen MR) is 96.7 cm³/mol. The number of aromatic nitrogens is 1. The van der Waals surface area contributed by atoms with Crippen LogP contribution in [0.3, 0.4) is 0 Å². The van der Waals surface area contributed by atoms with Gasteiger partial charge in [0.25, 0.3) is 0 Å². The molecule has 0 aliphatic rings. The fourth-order valence-electron chi connectivity index (χ4n) is 2.92. The van der Waals surface area contributed by atoms with Crippen LogP contribution in [-0.2, 0) is 22.4 Å². The summed E-state index contributed by atoms with van der Waals surface area (Å²) in [5, 5.41) is 16.7. The normalized spacial score (nSPS) is 12.0. The zero-order valence-electron chi connectivity index (χ0n) is 14.2. The van der Waals surface area contributed by atoms with Crippen molar-refractivity contribution in [1.29, 1.82) is 0 Å². The van der Waals surface area contributed by atoms with Crippen LogP contribution in [0.5, 0.6) is 0 Å². The van der Waals surface area contributed by atoms with Crippen LogP contribution in [0.2, 0.25) is 0 Å². The van der Waals surface area contributed by atoms with E-state index in [0.717, 1.165) is 10.9 Å². The van der Waals surface area contributed by atoms with Gasteiger partial charge in [-0.25, -0.2) is 0 Å². The first-order chi connectivity index (χ1) is 12.6. The van der Waals surface area contributed by atoms with Gasteiger partial charge in [0.15, 0.2) is 5.58 Å². The van der Waals surface area contributed by atoms with E-state index >= 15 is 0 Å². The number of hydrogen-bond acceptors (Lipinski definition) is 4. The lowest BCUT2D eigenvalue weighted by Gasteiger charge is -2.18. The number of carbonyl (C=O) groups is 2. The Morgan fingerprint density at radius 3 is 2.58 bits per heavy atom. The third-order valence-corrected chi connectivity index (χ3v) is 4.18. The number of carboxylic acids is 1. The number of nitrogens with zero attached hydrogens (tertiary/aromatic N) is 1. The lowest BCUT2D eigenvalue weighted by atomic mass is 10.0. The van der Waals surface area contributed by atoms with Crippen molar-refractivity contribution >= 4 is 22.8 Å². The molecule has 0 radical (unpaired) electrons. The van der Waals surface area contributed by atoms with Gasteiger partial charge in [0.05, 0.1) is 6.42 Å². The van der Waals surface area contributed by atoms with Crippen LogP contribution in [0.1, 0.15) is 24.1 Å². The summed E-state index contributed by atoms with van der Waals surface area (Å²) in [5.41, 5.74) is 2.27. The van der Waals surface area contributed by atoms with E-state index in [0.29, 0.717) is 24.1 Å². The fraction of sp³-hybridized carbons (Fsp3) is 0.250. The number of fused-ring (bicyclic) bond motifs is 1. The molecule has 0 saturated heterocycles. The Bertz CT molecular complexity index is 889. The number of amides is 1. The topological polar surface area (TPSA) is 92.4 Å². The van der Waals surface area contributed by atoms with Gasteiger partial charge in [-0.3, -0.25) is 9.59 Å². The number of nitrogens with one attached hydrogen (secondary N) is 1. The molecule has 1 unspecified atom stereocenters. The van der Waals surface area contributed by atoms with E-state index in [4.69, 9.17) is 9.63 Å². The molecular weight excluding hydrogens is 332 g/mol. The summed E-state index contributed by atoms with van der Waals surface area (Å²) < 4.78 is 5.22. The Morgan fingerprint density at radius 2 is 1.81 bits per heavy atom. The van der Waals surface area contributed by atoms with Gasteiger partial charge in [-0.15, -0.1) is 0 Å². The highest BCUT2D eigenvalue weighted by atomic mass is 16.5. The molecule has 2 N–H and O–H groups in total. The molecule has 6 nitrogen and oxygen atoms in total. The number of carbonyl (C=O) groups excluding carboxylic acids is 1. The SMILES string of the molecule is O=C(O)CCC(Cc1ccccc1)NC(=O)Cc1noc2ccccc12. The van der Waals surface area contributed by atoms with Crippen molar-refractivity contribution < 1.29 is 19.2 Å². The van der Waals surface area contributed by atoms with E-state index in [1.807, 2.05) is 48.5 Å². The van der Waals surface area contributed by atoms with Crippen molar-refractivity contribution in [3.63, 3.8) is 0 Å². The minimum Gasteiger partial charge on any atom is -0.481 e. The smallest absolute Gasteiger partial charge is 0.303 e. The molecule has 26 heavy (non-hydrogen) atoms. The van der Waals surface area contributed by atoms with Crippen LogP contribution in [-0.4, -0.2) is 28.2 Å². The second-order valence-corrected chi connectivity index (χ2v) is 6.19. The number of carboxylic acid groups (broad SMARTS) is 1. The third kappa shape index (κ3) is 4.69. The van der Waals surface area contributed by atoms with Gasteiger partial charge in [-0.1, -0.05) is 47.6 Å². The van der Waals surface area contributed by atoms with Crippen molar-refractivity contribution in [2.45, 2.75) is 31.7 Å². The standard InChI is InChI=1S/C20H20N2O4/c23-19(13-17-16-8-4-5-9-18(16)26-22-17)21-15(10-11-20(24)25)12-14-6-2-1-3-7-14/h1-9,15H,10-13H2,(H,21,23)(H,24,25). The lowest BCUT2D eigenvalue weighted by Crippen LogP contribution is -2.37. The maximum atomic E-state index is 12.5. The van der Waals surface area contributed by atoms with Crippen LogP contribution in [0.25, 0.3) is 11.0 Å². The number of para-hydroxylation sites is 1. The van der Waals surface area contributed by atoms with Gasteiger partial charge in [0, 0.05) is 17.8 Å². The van der Waals surface area contributed by atoms with Crippen molar-refractivity contribution in [1.82, 2.24) is 10.5 Å². The molecule has 0 aliphatic carbocycles. The highest BCUT2D eigenvalue weighted by Gasteiger charge is 2.17. The molecule has 3 aromatic rings. The summed E-state index contributed by atoms with van der Waals surface area (Å²) in [6.07, 6.45) is 1.05. The van der Waals surface area contributed by atoms with Crippen molar-refractivity contribution in [2.75, 3.05) is 0 Å². The minimum absolute atomic E-state index is 0.00463. The summed E-state index contributed by atoms with van der Waals surface area (Å²) in [5.74, 6) is -1.07. The third-order valence-electron chi connectivity index (χ3n) is 4.18. The quantitative estimate of drug-likeness (QED) is 0.650. The summed E-state index contributed by atoms with van der Waals surface area (Å²) in [6.45, 7) is 0. The van der Waals surface area contributed by atoms with Crippen molar-refractivity contribution in [3.8, 4) is 0 Å². The number of aliphatic carboxylic acids is 1. The van der Waals surface area contributed by atoms with E-state index < -0.39 is 5.97 Å². The molecular formula is C20H20N2O4. The molecule has 134 valence electrons. The fourth-order valence-corrected chi connectivity index (χ4v) is 2.92. The Morgan fingerprint density at radius 1 is 1.08 bits per heavy atom. The summed E-state index contributed by atoms with van der Waals surface area (Å²) in [4.78, 5) is 23.4. The molecule has 0 spiro atoms. The number of benzene rings is 2. The zero-order valence-corrected chi connectivity index (χ0v) is 14.2. The molecule has 1 amide bonds. The first-order valence-electron chi connectivity index (χ1n) is 8.50. The monoisotopic (exact) mass is 352 g/mol. The van der Waals surface area contributed by atoms with Crippen LogP contribution < -0.4 is 5.32 Å². The van der Waals surface area contributed by atoms with Crippen LogP contribution in [0.4, 0.5) is 0 Å². The second-order valence-electron chi connectivity index (χ2n) is 6.19. The van der Waals surface area contributed by atoms with E-state index in [1.165, 1.54) is 0 Å². The molecule has 3 rings (SSSR count). The molecule has 1 heterocycles. The van der Waals surface area contributed by atoms with Gasteiger partial charge in [0.2, 0.25) is 5.91 Å². The van der Waals surface area contributed by atoms with E-state index in [-0.39, 0.29) is 24.8 Å². The maximum Gasteiger partial charge on any atom is 0.303 e. The Balaban J connectivity index is 1.66. The Hall–Kier alpha value is -3.15. The Labute approximate surface area is 150 Å². The van der Waals surface area contributed by atoms with Gasteiger partial charge in [0.1, 0.15) is 5.69 Å². The molecule has 0 fully saturated rings. The number of hydrogen-bond donors (Lipinski definition) is 2. The summed E-state index contributed by atoms with van der Waals surface area (Å²) >= 11 is 0. The summed E-state index contributed by atoms with van der Waals surface area (Å²) in [7, 11) is 0. The van der Waals surface area contributed by atoms with Crippen LogP contribution in [0.15, 0.2) is 59.1 Å². The molecule has 1 atom stereocenters. The van der Waals surface area contributed by atoms with E-state index in [9.17, 15) is 9.59 Å². The van der Waals surface area contributed by atoms with Gasteiger partial charge < -0.3 is 14.9 Å². The second kappa shape index (κ2) is 8.29. The summed E-state index contributed by atoms with van der Waals surface area (Å²) in [6, 6.07) is 16.8. The first-order valence-corrected chi connectivity index (χ1v) is 8.50. The van der Waals surface area contributed by atoms with Gasteiger partial charge >= 0.3 is 5.97 Å². The van der Waals surface area contributed by atoms with Crippen LogP contribution in [0, 0.1) is 0 Å². The zero-order chi connectivity index (χ0) is 18.4. The van der Waals surface area contributed by atoms with Crippen molar-refractivity contribution in [3.05, 3.63) is 65.9 Å². The average molecular weight is 352 g/mol. The first kappa shape index (κ1) is 17.7. The van der Waals surface area contributed by atoms with E-state index in [2.05, 4.69) is 10.5 Å². The predicted octanol–water partition coefficient (Wildman–Crippen LogP) is 2.96. The average Bonchev–Trinajstić information content (AvgIpc) is 3.03. The molecule has 0 aliphatic heterocycles. The highest BCUT2D eigenvalue weighted by Crippen LogP contribution is 2.18. The van der Waals surface area contributed by atoms with Crippen molar-refractivity contribution in [2.24, 2.45) is 0 Å².